The second-order valence-corrected chi connectivity index (χ2v) is 4.05. The van der Waals surface area contributed by atoms with E-state index in [2.05, 4.69) is 21.3 Å². The van der Waals surface area contributed by atoms with Crippen LogP contribution in [0.1, 0.15) is 19.4 Å². The summed E-state index contributed by atoms with van der Waals surface area (Å²) < 4.78 is 0. The highest BCUT2D eigenvalue weighted by molar-refractivity contribution is 5.75. The van der Waals surface area contributed by atoms with Crippen molar-refractivity contribution in [1.82, 2.24) is 15.2 Å². The smallest absolute Gasteiger partial charge is 0.333 e. The maximum Gasteiger partial charge on any atom is 0.333 e. The topological polar surface area (TPSA) is 82.7 Å². The Morgan fingerprint density at radius 1 is 1.25 bits per heavy atom. The Morgan fingerprint density at radius 3 is 2.69 bits per heavy atom. The van der Waals surface area contributed by atoms with Crippen LogP contribution in [0.2, 0.25) is 0 Å². The Hall–Kier alpha value is -2.22. The molecule has 5 nitrogen and oxygen atoms in total. The number of nitrogens with zero attached hydrogens (tertiary/aromatic N) is 4. The normalized spacial score (nSPS) is 11.3. The van der Waals surface area contributed by atoms with Crippen molar-refractivity contribution in [2.75, 3.05) is 0 Å². The van der Waals surface area contributed by atoms with Crippen LogP contribution in [0, 0.1) is 11.3 Å². The lowest BCUT2D eigenvalue weighted by atomic mass is 9.86. The average Bonchev–Trinajstić information content (AvgIpc) is 2.28. The van der Waals surface area contributed by atoms with Gasteiger partial charge in [-0.3, -0.25) is 0 Å². The standard InChI is InChI=1S/C11H10N4O/c1-11(2,6-12)7-3-4-8-9(5-7)14-15-10(16)13-8/h3-5H,1-2H3,(H,13,15,16). The lowest BCUT2D eigenvalue weighted by Crippen LogP contribution is -2.13. The predicted molar refractivity (Wildman–Crippen MR) is 57.6 cm³/mol. The SMILES string of the molecule is CC(C)(C#N)c1ccc2nc(O)nnc2c1. The Labute approximate surface area is 92.4 Å². The van der Waals surface area contributed by atoms with Gasteiger partial charge in [-0.2, -0.15) is 10.2 Å². The molecule has 1 heterocycles. The Morgan fingerprint density at radius 2 is 2.00 bits per heavy atom. The molecule has 1 N–H and O–H groups in total. The van der Waals surface area contributed by atoms with E-state index in [1.807, 2.05) is 13.8 Å². The van der Waals surface area contributed by atoms with Gasteiger partial charge in [-0.25, -0.2) is 0 Å². The third kappa shape index (κ3) is 1.65. The first-order chi connectivity index (χ1) is 7.53. The number of aromatic nitrogens is 3. The molecule has 0 amide bonds. The van der Waals surface area contributed by atoms with Gasteiger partial charge in [0.1, 0.15) is 5.52 Å². The van der Waals surface area contributed by atoms with Crippen LogP contribution < -0.4 is 0 Å². The van der Waals surface area contributed by atoms with Gasteiger partial charge in [0.05, 0.1) is 17.0 Å². The molecule has 80 valence electrons. The molecular formula is C11H10N4O. The number of hydrogen-bond donors (Lipinski definition) is 1. The van der Waals surface area contributed by atoms with Crippen LogP contribution in [0.25, 0.3) is 11.0 Å². The van der Waals surface area contributed by atoms with Crippen molar-refractivity contribution in [1.29, 1.82) is 5.26 Å². The number of rotatable bonds is 1. The number of benzene rings is 1. The van der Waals surface area contributed by atoms with E-state index in [4.69, 9.17) is 10.4 Å². The molecule has 0 atom stereocenters. The fourth-order valence-corrected chi connectivity index (χ4v) is 1.38. The fourth-order valence-electron chi connectivity index (χ4n) is 1.38. The number of hydrogen-bond acceptors (Lipinski definition) is 5. The molecule has 1 aromatic heterocycles. The monoisotopic (exact) mass is 214 g/mol. The van der Waals surface area contributed by atoms with Crippen molar-refractivity contribution in [3.8, 4) is 12.1 Å². The number of fused-ring (bicyclic) bond motifs is 1. The molecule has 1 aromatic carbocycles. The zero-order chi connectivity index (χ0) is 11.8. The molecule has 0 aliphatic rings. The number of nitriles is 1. The summed E-state index contributed by atoms with van der Waals surface area (Å²) in [6.45, 7) is 3.66. The van der Waals surface area contributed by atoms with Crippen LogP contribution in [0.4, 0.5) is 0 Å². The lowest BCUT2D eigenvalue weighted by molar-refractivity contribution is 0.425. The highest BCUT2D eigenvalue weighted by atomic mass is 16.3. The zero-order valence-electron chi connectivity index (χ0n) is 8.97. The highest BCUT2D eigenvalue weighted by Crippen LogP contribution is 2.24. The van der Waals surface area contributed by atoms with Gasteiger partial charge >= 0.3 is 6.01 Å². The third-order valence-corrected chi connectivity index (χ3v) is 2.44. The minimum absolute atomic E-state index is 0.347. The maximum absolute atomic E-state index is 9.07. The van der Waals surface area contributed by atoms with E-state index < -0.39 is 5.41 Å². The van der Waals surface area contributed by atoms with E-state index in [0.29, 0.717) is 11.0 Å². The van der Waals surface area contributed by atoms with Gasteiger partial charge in [-0.05, 0) is 31.5 Å². The molecule has 0 spiro atoms. The van der Waals surface area contributed by atoms with Crippen LogP contribution in [0.15, 0.2) is 18.2 Å². The average molecular weight is 214 g/mol. The first kappa shape index (κ1) is 10.3. The molecule has 0 saturated heterocycles. The minimum Gasteiger partial charge on any atom is -0.478 e. The highest BCUT2D eigenvalue weighted by Gasteiger charge is 2.20. The van der Waals surface area contributed by atoms with E-state index in [1.165, 1.54) is 0 Å². The first-order valence-corrected chi connectivity index (χ1v) is 4.78. The van der Waals surface area contributed by atoms with Gasteiger partial charge in [0.25, 0.3) is 0 Å². The molecule has 5 heteroatoms. The molecule has 0 aliphatic carbocycles. The molecule has 0 fully saturated rings. The molecule has 0 saturated carbocycles. The Bertz CT molecular complexity index is 586. The van der Waals surface area contributed by atoms with Gasteiger partial charge in [-0.1, -0.05) is 11.2 Å². The van der Waals surface area contributed by atoms with Crippen LogP contribution in [0.3, 0.4) is 0 Å². The molecule has 0 bridgehead atoms. The molecule has 2 aromatic rings. The molecule has 0 unspecified atom stereocenters. The summed E-state index contributed by atoms with van der Waals surface area (Å²) in [7, 11) is 0. The van der Waals surface area contributed by atoms with E-state index in [1.54, 1.807) is 18.2 Å². The molecule has 0 radical (unpaired) electrons. The van der Waals surface area contributed by atoms with Crippen molar-refractivity contribution >= 4 is 11.0 Å². The van der Waals surface area contributed by atoms with Gasteiger partial charge in [-0.15, -0.1) is 5.10 Å². The van der Waals surface area contributed by atoms with Crippen LogP contribution in [-0.2, 0) is 5.41 Å². The van der Waals surface area contributed by atoms with Crippen LogP contribution >= 0.6 is 0 Å². The van der Waals surface area contributed by atoms with Gasteiger partial charge < -0.3 is 5.11 Å². The Balaban J connectivity index is 2.62. The maximum atomic E-state index is 9.07. The van der Waals surface area contributed by atoms with E-state index >= 15 is 0 Å². The van der Waals surface area contributed by atoms with Crippen LogP contribution in [0.5, 0.6) is 6.01 Å². The van der Waals surface area contributed by atoms with Gasteiger partial charge in [0.2, 0.25) is 0 Å². The number of aromatic hydroxyl groups is 1. The second kappa shape index (κ2) is 3.42. The predicted octanol–water partition coefficient (Wildman–Crippen LogP) is 1.53. The first-order valence-electron chi connectivity index (χ1n) is 4.78. The summed E-state index contributed by atoms with van der Waals surface area (Å²) in [4.78, 5) is 3.82. The summed E-state index contributed by atoms with van der Waals surface area (Å²) in [5.74, 6) is 0. The summed E-state index contributed by atoms with van der Waals surface area (Å²) in [5, 5.41) is 25.4. The molecule has 2 rings (SSSR count). The van der Waals surface area contributed by atoms with Crippen LogP contribution in [-0.4, -0.2) is 20.3 Å². The third-order valence-electron chi connectivity index (χ3n) is 2.44. The molecule has 0 aliphatic heterocycles. The molecule has 16 heavy (non-hydrogen) atoms. The Kier molecular flexibility index (Phi) is 2.20. The van der Waals surface area contributed by atoms with Crippen molar-refractivity contribution in [3.63, 3.8) is 0 Å². The van der Waals surface area contributed by atoms with Crippen molar-refractivity contribution < 1.29 is 5.11 Å². The fraction of sp³-hybridized carbons (Fsp3) is 0.273. The minimum atomic E-state index is -0.576. The van der Waals surface area contributed by atoms with E-state index in [9.17, 15) is 0 Å². The quantitative estimate of drug-likeness (QED) is 0.778. The largest absolute Gasteiger partial charge is 0.478 e. The second-order valence-electron chi connectivity index (χ2n) is 4.05. The van der Waals surface area contributed by atoms with Crippen molar-refractivity contribution in [3.05, 3.63) is 23.8 Å². The van der Waals surface area contributed by atoms with Crippen molar-refractivity contribution in [2.45, 2.75) is 19.3 Å². The summed E-state index contributed by atoms with van der Waals surface area (Å²) in [5.41, 5.74) is 1.40. The lowest BCUT2D eigenvalue weighted by Gasteiger charge is -2.15. The van der Waals surface area contributed by atoms with E-state index in [0.717, 1.165) is 5.56 Å². The summed E-state index contributed by atoms with van der Waals surface area (Å²) in [6, 6.07) is 7.16. The van der Waals surface area contributed by atoms with Gasteiger partial charge in [0.15, 0.2) is 0 Å². The van der Waals surface area contributed by atoms with E-state index in [-0.39, 0.29) is 6.01 Å². The zero-order valence-corrected chi connectivity index (χ0v) is 8.97. The summed E-state index contributed by atoms with van der Waals surface area (Å²) in [6.07, 6.45) is 0. The summed E-state index contributed by atoms with van der Waals surface area (Å²) >= 11 is 0. The molecular weight excluding hydrogens is 204 g/mol. The van der Waals surface area contributed by atoms with Gasteiger partial charge in [0, 0.05) is 0 Å². The van der Waals surface area contributed by atoms with Crippen molar-refractivity contribution in [2.24, 2.45) is 0 Å².